The fourth-order valence-corrected chi connectivity index (χ4v) is 2.74. The zero-order valence-electron chi connectivity index (χ0n) is 11.2. The molecule has 0 atom stereocenters. The molecule has 0 fully saturated rings. The van der Waals surface area contributed by atoms with Crippen molar-refractivity contribution in [1.82, 2.24) is 15.2 Å². The van der Waals surface area contributed by atoms with E-state index >= 15 is 0 Å². The van der Waals surface area contributed by atoms with Gasteiger partial charge in [0, 0.05) is 16.5 Å². The summed E-state index contributed by atoms with van der Waals surface area (Å²) in [5.41, 5.74) is 2.00. The first-order chi connectivity index (χ1) is 10.1. The molecule has 0 unspecified atom stereocenters. The Bertz CT molecular complexity index is 816. The van der Waals surface area contributed by atoms with E-state index in [4.69, 9.17) is 0 Å². The molecule has 0 aliphatic rings. The highest BCUT2D eigenvalue weighted by molar-refractivity contribution is 7.09. The van der Waals surface area contributed by atoms with Crippen LogP contribution in [-0.4, -0.2) is 26.3 Å². The third-order valence-electron chi connectivity index (χ3n) is 2.95. The third kappa shape index (κ3) is 2.68. The number of carboxylic acids is 1. The molecule has 3 aromatic rings. The van der Waals surface area contributed by atoms with Crippen LogP contribution in [0.2, 0.25) is 0 Å². The Hall–Kier alpha value is -2.54. The Morgan fingerprint density at radius 2 is 2.14 bits per heavy atom. The Balaban J connectivity index is 2.01. The molecule has 0 amide bonds. The van der Waals surface area contributed by atoms with Crippen LogP contribution in [-0.2, 0) is 6.54 Å². The van der Waals surface area contributed by atoms with Crippen LogP contribution in [0.1, 0.15) is 21.2 Å². The number of nitrogens with one attached hydrogen (secondary N) is 1. The summed E-state index contributed by atoms with van der Waals surface area (Å²) in [5.74, 6) is -1.11. The number of rotatable bonds is 4. The minimum absolute atomic E-state index is 0.0815. The summed E-state index contributed by atoms with van der Waals surface area (Å²) in [6, 6.07) is 7.30. The molecule has 0 aliphatic heterocycles. The maximum absolute atomic E-state index is 11.3. The van der Waals surface area contributed by atoms with Gasteiger partial charge in [-0.15, -0.1) is 21.5 Å². The Kier molecular flexibility index (Phi) is 3.49. The SMILES string of the molecule is Cc1csc(CNc2c(C(=O)O)nnc3ccccc23)n1. The smallest absolute Gasteiger partial charge is 0.358 e. The predicted octanol–water partition coefficient (Wildman–Crippen LogP) is 2.71. The Morgan fingerprint density at radius 3 is 2.86 bits per heavy atom. The normalized spacial score (nSPS) is 10.7. The lowest BCUT2D eigenvalue weighted by Crippen LogP contribution is -2.10. The van der Waals surface area contributed by atoms with Gasteiger partial charge in [-0.1, -0.05) is 18.2 Å². The summed E-state index contributed by atoms with van der Waals surface area (Å²) < 4.78 is 0. The van der Waals surface area contributed by atoms with Crippen molar-refractivity contribution in [3.05, 3.63) is 46.0 Å². The molecule has 3 rings (SSSR count). The van der Waals surface area contributed by atoms with E-state index in [1.807, 2.05) is 30.5 Å². The van der Waals surface area contributed by atoms with Crippen LogP contribution in [0.15, 0.2) is 29.6 Å². The van der Waals surface area contributed by atoms with Crippen LogP contribution in [0.3, 0.4) is 0 Å². The number of nitrogens with zero attached hydrogens (tertiary/aromatic N) is 3. The van der Waals surface area contributed by atoms with E-state index in [9.17, 15) is 9.90 Å². The minimum Gasteiger partial charge on any atom is -0.476 e. The third-order valence-corrected chi connectivity index (χ3v) is 3.92. The lowest BCUT2D eigenvalue weighted by molar-refractivity contribution is 0.0690. The largest absolute Gasteiger partial charge is 0.476 e. The van der Waals surface area contributed by atoms with Crippen LogP contribution in [0, 0.1) is 6.92 Å². The van der Waals surface area contributed by atoms with Gasteiger partial charge in [-0.3, -0.25) is 0 Å². The van der Waals surface area contributed by atoms with Gasteiger partial charge in [0.2, 0.25) is 0 Å². The summed E-state index contributed by atoms with van der Waals surface area (Å²) in [6.45, 7) is 2.38. The summed E-state index contributed by atoms with van der Waals surface area (Å²) in [6.07, 6.45) is 0. The van der Waals surface area contributed by atoms with E-state index < -0.39 is 5.97 Å². The average Bonchev–Trinajstić information content (AvgIpc) is 2.90. The molecule has 0 spiro atoms. The van der Waals surface area contributed by atoms with Crippen LogP contribution in [0.25, 0.3) is 10.9 Å². The number of thiazole rings is 1. The summed E-state index contributed by atoms with van der Waals surface area (Å²) in [4.78, 5) is 15.7. The molecule has 2 aromatic heterocycles. The van der Waals surface area contributed by atoms with Gasteiger partial charge in [-0.2, -0.15) is 0 Å². The first-order valence-corrected chi connectivity index (χ1v) is 7.16. The summed E-state index contributed by atoms with van der Waals surface area (Å²) >= 11 is 1.53. The van der Waals surface area contributed by atoms with Crippen LogP contribution >= 0.6 is 11.3 Å². The molecule has 0 bridgehead atoms. The van der Waals surface area contributed by atoms with Crippen molar-refractivity contribution in [3.8, 4) is 0 Å². The highest BCUT2D eigenvalue weighted by Gasteiger charge is 2.16. The van der Waals surface area contributed by atoms with E-state index in [2.05, 4.69) is 20.5 Å². The van der Waals surface area contributed by atoms with E-state index in [-0.39, 0.29) is 5.69 Å². The fourth-order valence-electron chi connectivity index (χ4n) is 2.03. The molecule has 0 saturated heterocycles. The van der Waals surface area contributed by atoms with Crippen LogP contribution < -0.4 is 5.32 Å². The Labute approximate surface area is 124 Å². The maximum Gasteiger partial charge on any atom is 0.358 e. The molecule has 6 nitrogen and oxygen atoms in total. The zero-order valence-corrected chi connectivity index (χ0v) is 12.0. The van der Waals surface area contributed by atoms with E-state index in [0.29, 0.717) is 17.7 Å². The standard InChI is InChI=1S/C14H12N4O2S/c1-8-7-21-11(16-8)6-15-12-9-4-2-3-5-10(9)17-18-13(12)14(19)20/h2-5,7H,6H2,1H3,(H,15,17)(H,19,20). The van der Waals surface area contributed by atoms with Crippen molar-refractivity contribution in [2.75, 3.05) is 5.32 Å². The number of hydrogen-bond donors (Lipinski definition) is 2. The molecular formula is C14H12N4O2S. The second-order valence-corrected chi connectivity index (χ2v) is 5.42. The number of aryl methyl sites for hydroxylation is 1. The first-order valence-electron chi connectivity index (χ1n) is 6.29. The highest BCUT2D eigenvalue weighted by atomic mass is 32.1. The maximum atomic E-state index is 11.3. The molecular weight excluding hydrogens is 288 g/mol. The van der Waals surface area contributed by atoms with E-state index in [1.165, 1.54) is 11.3 Å². The lowest BCUT2D eigenvalue weighted by Gasteiger charge is -2.10. The summed E-state index contributed by atoms with van der Waals surface area (Å²) in [7, 11) is 0. The molecule has 2 N–H and O–H groups in total. The molecule has 0 aliphatic carbocycles. The van der Waals surface area contributed by atoms with Gasteiger partial charge in [0.25, 0.3) is 0 Å². The number of carbonyl (C=O) groups is 1. The van der Waals surface area contributed by atoms with Gasteiger partial charge in [0.05, 0.1) is 17.7 Å². The van der Waals surface area contributed by atoms with Gasteiger partial charge in [0.15, 0.2) is 5.69 Å². The second kappa shape index (κ2) is 5.45. The van der Waals surface area contributed by atoms with Crippen molar-refractivity contribution >= 4 is 33.9 Å². The highest BCUT2D eigenvalue weighted by Crippen LogP contribution is 2.25. The van der Waals surface area contributed by atoms with Gasteiger partial charge in [0.1, 0.15) is 5.01 Å². The molecule has 106 valence electrons. The lowest BCUT2D eigenvalue weighted by atomic mass is 10.1. The number of benzene rings is 1. The summed E-state index contributed by atoms with van der Waals surface area (Å²) in [5, 5.41) is 23.7. The molecule has 0 saturated carbocycles. The monoisotopic (exact) mass is 300 g/mol. The first kappa shape index (κ1) is 13.4. The molecule has 21 heavy (non-hydrogen) atoms. The van der Waals surface area contributed by atoms with Crippen molar-refractivity contribution < 1.29 is 9.90 Å². The van der Waals surface area contributed by atoms with Crippen molar-refractivity contribution in [3.63, 3.8) is 0 Å². The van der Waals surface area contributed by atoms with Crippen LogP contribution in [0.5, 0.6) is 0 Å². The zero-order chi connectivity index (χ0) is 14.8. The minimum atomic E-state index is -1.11. The van der Waals surface area contributed by atoms with E-state index in [1.54, 1.807) is 6.07 Å². The van der Waals surface area contributed by atoms with E-state index in [0.717, 1.165) is 16.1 Å². The quantitative estimate of drug-likeness (QED) is 0.770. The van der Waals surface area contributed by atoms with Gasteiger partial charge < -0.3 is 10.4 Å². The topological polar surface area (TPSA) is 88.0 Å². The van der Waals surface area contributed by atoms with Crippen molar-refractivity contribution in [2.24, 2.45) is 0 Å². The number of fused-ring (bicyclic) bond motifs is 1. The van der Waals surface area contributed by atoms with Gasteiger partial charge in [-0.05, 0) is 13.0 Å². The van der Waals surface area contributed by atoms with Gasteiger partial charge in [-0.25, -0.2) is 9.78 Å². The van der Waals surface area contributed by atoms with Gasteiger partial charge >= 0.3 is 5.97 Å². The fraction of sp³-hybridized carbons (Fsp3) is 0.143. The number of aromatic nitrogens is 3. The molecule has 2 heterocycles. The second-order valence-electron chi connectivity index (χ2n) is 4.48. The number of carboxylic acid groups (broad SMARTS) is 1. The molecule has 1 aromatic carbocycles. The van der Waals surface area contributed by atoms with Crippen molar-refractivity contribution in [2.45, 2.75) is 13.5 Å². The molecule has 0 radical (unpaired) electrons. The molecule has 7 heteroatoms. The predicted molar refractivity (Wildman–Crippen MR) is 80.7 cm³/mol. The Morgan fingerprint density at radius 1 is 1.33 bits per heavy atom. The number of aromatic carboxylic acids is 1. The number of hydrogen-bond acceptors (Lipinski definition) is 6. The number of anilines is 1. The average molecular weight is 300 g/mol. The van der Waals surface area contributed by atoms with Crippen LogP contribution in [0.4, 0.5) is 5.69 Å². The van der Waals surface area contributed by atoms with Crippen molar-refractivity contribution in [1.29, 1.82) is 0 Å².